The summed E-state index contributed by atoms with van der Waals surface area (Å²) in [5.74, 6) is 0. The van der Waals surface area contributed by atoms with E-state index in [0.717, 1.165) is 25.9 Å². The molecule has 0 aliphatic carbocycles. The van der Waals surface area contributed by atoms with Crippen molar-refractivity contribution in [3.63, 3.8) is 0 Å². The van der Waals surface area contributed by atoms with Gasteiger partial charge < -0.3 is 4.90 Å². The van der Waals surface area contributed by atoms with Crippen molar-refractivity contribution in [2.24, 2.45) is 0 Å². The van der Waals surface area contributed by atoms with E-state index in [4.69, 9.17) is 0 Å². The molecule has 1 fully saturated rings. The van der Waals surface area contributed by atoms with Crippen LogP contribution in [0, 0.1) is 0 Å². The van der Waals surface area contributed by atoms with Gasteiger partial charge in [-0.1, -0.05) is 6.92 Å². The molecule has 0 spiro atoms. The van der Waals surface area contributed by atoms with Gasteiger partial charge in [-0.25, -0.2) is 0 Å². The van der Waals surface area contributed by atoms with Gasteiger partial charge in [0, 0.05) is 6.04 Å². The highest BCUT2D eigenvalue weighted by atomic mass is 19.4. The predicted molar refractivity (Wildman–Crippen MR) is 53.8 cm³/mol. The minimum absolute atomic E-state index is 0.104. The maximum absolute atomic E-state index is 12.3. The first-order chi connectivity index (χ1) is 6.92. The molecule has 1 saturated heterocycles. The Morgan fingerprint density at radius 3 is 2.20 bits per heavy atom. The Morgan fingerprint density at radius 1 is 1.27 bits per heavy atom. The highest BCUT2D eigenvalue weighted by molar-refractivity contribution is 4.79. The van der Waals surface area contributed by atoms with Crippen molar-refractivity contribution in [2.45, 2.75) is 32.0 Å². The van der Waals surface area contributed by atoms with E-state index in [2.05, 4.69) is 4.90 Å². The van der Waals surface area contributed by atoms with Gasteiger partial charge in [0.15, 0.2) is 0 Å². The molecule has 90 valence electrons. The quantitative estimate of drug-likeness (QED) is 0.723. The SMILES string of the molecule is CCN(CC(F)(F)F)C1CCN(C)CC1. The van der Waals surface area contributed by atoms with E-state index in [1.54, 1.807) is 11.8 Å². The van der Waals surface area contributed by atoms with Crippen LogP contribution in [0.1, 0.15) is 19.8 Å². The normalized spacial score (nSPS) is 21.2. The topological polar surface area (TPSA) is 6.48 Å². The summed E-state index contributed by atoms with van der Waals surface area (Å²) in [5, 5.41) is 0. The lowest BCUT2D eigenvalue weighted by Gasteiger charge is -2.37. The molecule has 1 aliphatic rings. The number of halogens is 3. The van der Waals surface area contributed by atoms with E-state index in [-0.39, 0.29) is 6.04 Å². The monoisotopic (exact) mass is 224 g/mol. The van der Waals surface area contributed by atoms with E-state index < -0.39 is 12.7 Å². The van der Waals surface area contributed by atoms with Crippen LogP contribution in [0.15, 0.2) is 0 Å². The number of rotatable bonds is 3. The van der Waals surface area contributed by atoms with E-state index in [9.17, 15) is 13.2 Å². The van der Waals surface area contributed by atoms with Crippen LogP contribution in [0.5, 0.6) is 0 Å². The summed E-state index contributed by atoms with van der Waals surface area (Å²) < 4.78 is 36.8. The van der Waals surface area contributed by atoms with Crippen molar-refractivity contribution in [1.29, 1.82) is 0 Å². The molecule has 0 N–H and O–H groups in total. The number of hydrogen-bond acceptors (Lipinski definition) is 2. The molecule has 0 unspecified atom stereocenters. The third-order valence-corrected chi connectivity index (χ3v) is 2.99. The summed E-state index contributed by atoms with van der Waals surface area (Å²) >= 11 is 0. The number of piperidine rings is 1. The van der Waals surface area contributed by atoms with E-state index in [1.807, 2.05) is 7.05 Å². The molecule has 0 amide bonds. The Morgan fingerprint density at radius 2 is 1.80 bits per heavy atom. The zero-order chi connectivity index (χ0) is 11.5. The fourth-order valence-corrected chi connectivity index (χ4v) is 2.09. The fourth-order valence-electron chi connectivity index (χ4n) is 2.09. The average Bonchev–Trinajstić information content (AvgIpc) is 2.14. The van der Waals surface area contributed by atoms with Crippen molar-refractivity contribution < 1.29 is 13.2 Å². The number of nitrogens with zero attached hydrogens (tertiary/aromatic N) is 2. The molecular weight excluding hydrogens is 205 g/mol. The molecule has 0 atom stereocenters. The third-order valence-electron chi connectivity index (χ3n) is 2.99. The van der Waals surface area contributed by atoms with Crippen LogP contribution in [-0.2, 0) is 0 Å². The molecule has 0 aromatic rings. The molecule has 1 aliphatic heterocycles. The summed E-state index contributed by atoms with van der Waals surface area (Å²) in [7, 11) is 2.01. The zero-order valence-corrected chi connectivity index (χ0v) is 9.35. The van der Waals surface area contributed by atoms with Crippen LogP contribution in [-0.4, -0.2) is 55.2 Å². The van der Waals surface area contributed by atoms with Crippen molar-refractivity contribution >= 4 is 0 Å². The second-order valence-electron chi connectivity index (χ2n) is 4.21. The van der Waals surface area contributed by atoms with Gasteiger partial charge in [-0.15, -0.1) is 0 Å². The summed E-state index contributed by atoms with van der Waals surface area (Å²) in [5.41, 5.74) is 0. The average molecular weight is 224 g/mol. The lowest BCUT2D eigenvalue weighted by molar-refractivity contribution is -0.152. The Kier molecular flexibility index (Phi) is 4.40. The number of likely N-dealkylation sites (tertiary alicyclic amines) is 1. The number of hydrogen-bond donors (Lipinski definition) is 0. The van der Waals surface area contributed by atoms with Crippen LogP contribution < -0.4 is 0 Å². The summed E-state index contributed by atoms with van der Waals surface area (Å²) in [6.07, 6.45) is -2.37. The smallest absolute Gasteiger partial charge is 0.306 e. The molecule has 1 rings (SSSR count). The fraction of sp³-hybridized carbons (Fsp3) is 1.00. The largest absolute Gasteiger partial charge is 0.401 e. The Balaban J connectivity index is 2.44. The van der Waals surface area contributed by atoms with Crippen LogP contribution in [0.4, 0.5) is 13.2 Å². The Bertz CT molecular complexity index is 186. The molecular formula is C10H19F3N2. The first-order valence-corrected chi connectivity index (χ1v) is 5.41. The van der Waals surface area contributed by atoms with Gasteiger partial charge in [0.25, 0.3) is 0 Å². The minimum Gasteiger partial charge on any atom is -0.306 e. The third kappa shape index (κ3) is 4.38. The van der Waals surface area contributed by atoms with Crippen molar-refractivity contribution in [3.05, 3.63) is 0 Å². The minimum atomic E-state index is -4.07. The van der Waals surface area contributed by atoms with Gasteiger partial charge in [-0.2, -0.15) is 13.2 Å². The summed E-state index contributed by atoms with van der Waals surface area (Å²) in [4.78, 5) is 3.71. The molecule has 15 heavy (non-hydrogen) atoms. The molecule has 0 bridgehead atoms. The van der Waals surface area contributed by atoms with E-state index in [1.165, 1.54) is 0 Å². The second kappa shape index (κ2) is 5.16. The first kappa shape index (κ1) is 12.8. The van der Waals surface area contributed by atoms with E-state index in [0.29, 0.717) is 6.54 Å². The molecule has 0 aromatic heterocycles. The lowest BCUT2D eigenvalue weighted by Crippen LogP contribution is -2.47. The van der Waals surface area contributed by atoms with Crippen molar-refractivity contribution in [3.8, 4) is 0 Å². The second-order valence-corrected chi connectivity index (χ2v) is 4.21. The Labute approximate surface area is 89.0 Å². The van der Waals surface area contributed by atoms with Gasteiger partial charge in [0.1, 0.15) is 0 Å². The molecule has 0 radical (unpaired) electrons. The molecule has 1 heterocycles. The van der Waals surface area contributed by atoms with Crippen LogP contribution >= 0.6 is 0 Å². The maximum atomic E-state index is 12.3. The van der Waals surface area contributed by atoms with Gasteiger partial charge in [-0.05, 0) is 39.5 Å². The number of alkyl halides is 3. The highest BCUT2D eigenvalue weighted by Crippen LogP contribution is 2.22. The molecule has 0 aromatic carbocycles. The van der Waals surface area contributed by atoms with E-state index >= 15 is 0 Å². The summed E-state index contributed by atoms with van der Waals surface area (Å²) in [6.45, 7) is 3.31. The molecule has 5 heteroatoms. The Hall–Kier alpha value is -0.290. The predicted octanol–water partition coefficient (Wildman–Crippen LogP) is 1.96. The van der Waals surface area contributed by atoms with Crippen LogP contribution in [0.25, 0.3) is 0 Å². The zero-order valence-electron chi connectivity index (χ0n) is 9.35. The van der Waals surface area contributed by atoms with Crippen LogP contribution in [0.2, 0.25) is 0 Å². The van der Waals surface area contributed by atoms with Gasteiger partial charge in [-0.3, -0.25) is 4.90 Å². The summed E-state index contributed by atoms with van der Waals surface area (Å²) in [6, 6.07) is 0.104. The lowest BCUT2D eigenvalue weighted by atomic mass is 10.0. The molecule has 0 saturated carbocycles. The maximum Gasteiger partial charge on any atom is 0.401 e. The van der Waals surface area contributed by atoms with Gasteiger partial charge >= 0.3 is 6.18 Å². The first-order valence-electron chi connectivity index (χ1n) is 5.41. The van der Waals surface area contributed by atoms with Crippen molar-refractivity contribution in [1.82, 2.24) is 9.80 Å². The van der Waals surface area contributed by atoms with Crippen LogP contribution in [0.3, 0.4) is 0 Å². The van der Waals surface area contributed by atoms with Crippen molar-refractivity contribution in [2.75, 3.05) is 33.2 Å². The highest BCUT2D eigenvalue weighted by Gasteiger charge is 2.33. The van der Waals surface area contributed by atoms with Gasteiger partial charge in [0.05, 0.1) is 6.54 Å². The van der Waals surface area contributed by atoms with Gasteiger partial charge in [0.2, 0.25) is 0 Å². The molecule has 2 nitrogen and oxygen atoms in total. The standard InChI is InChI=1S/C10H19F3N2/c1-3-15(8-10(11,12)13)9-4-6-14(2)7-5-9/h9H,3-8H2,1-2H3.